The van der Waals surface area contributed by atoms with E-state index < -0.39 is 0 Å². The Labute approximate surface area is 122 Å². The third-order valence-electron chi connectivity index (χ3n) is 3.27. The predicted molar refractivity (Wildman–Crippen MR) is 80.9 cm³/mol. The van der Waals surface area contributed by atoms with Crippen LogP contribution in [0.1, 0.15) is 39.5 Å². The summed E-state index contributed by atoms with van der Waals surface area (Å²) in [5, 5.41) is 12.6. The summed E-state index contributed by atoms with van der Waals surface area (Å²) in [7, 11) is 0. The molecule has 0 saturated heterocycles. The van der Waals surface area contributed by atoms with Gasteiger partial charge in [-0.2, -0.15) is 5.10 Å². The number of aromatic amines is 1. The molecule has 2 rings (SSSR count). The van der Waals surface area contributed by atoms with Gasteiger partial charge in [0, 0.05) is 27.6 Å². The molecule has 0 aliphatic heterocycles. The number of thiophene rings is 1. The van der Waals surface area contributed by atoms with E-state index in [1.165, 1.54) is 15.3 Å². The molecule has 5 nitrogen and oxygen atoms in total. The highest BCUT2D eigenvalue weighted by Crippen LogP contribution is 2.25. The first-order valence-electron chi connectivity index (χ1n) is 6.57. The average Bonchev–Trinajstić information content (AvgIpc) is 2.92. The second-order valence-electron chi connectivity index (χ2n) is 4.94. The van der Waals surface area contributed by atoms with Crippen molar-refractivity contribution in [1.82, 2.24) is 20.8 Å². The largest absolute Gasteiger partial charge is 0.334 e. The number of nitrogens with one attached hydrogen (secondary N) is 3. The summed E-state index contributed by atoms with van der Waals surface area (Å²) in [5.41, 5.74) is 3.15. The molecule has 0 fully saturated rings. The molecule has 108 valence electrons. The third kappa shape index (κ3) is 3.39. The third-order valence-corrected chi connectivity index (χ3v) is 4.25. The van der Waals surface area contributed by atoms with Crippen LogP contribution in [0.3, 0.4) is 0 Å². The highest BCUT2D eigenvalue weighted by atomic mass is 32.1. The minimum Gasteiger partial charge on any atom is -0.334 e. The van der Waals surface area contributed by atoms with Crippen LogP contribution in [0.25, 0.3) is 0 Å². The average molecular weight is 292 g/mol. The number of carbonyl (C=O) groups is 1. The van der Waals surface area contributed by atoms with Gasteiger partial charge in [-0.1, -0.05) is 0 Å². The molecule has 0 radical (unpaired) electrons. The molecule has 0 saturated carbocycles. The molecule has 2 aromatic rings. The SMILES string of the molecule is Cc1cc(C(C)NC(=O)NCc2cn[nH]c2C)c(C)s1. The summed E-state index contributed by atoms with van der Waals surface area (Å²) in [5.74, 6) is 0. The molecule has 20 heavy (non-hydrogen) atoms. The summed E-state index contributed by atoms with van der Waals surface area (Å²) in [4.78, 5) is 14.4. The van der Waals surface area contributed by atoms with Crippen LogP contribution in [0.15, 0.2) is 12.3 Å². The molecule has 0 aliphatic rings. The van der Waals surface area contributed by atoms with Gasteiger partial charge in [-0.25, -0.2) is 4.79 Å². The molecule has 0 aromatic carbocycles. The molecule has 0 bridgehead atoms. The zero-order valence-corrected chi connectivity index (χ0v) is 13.0. The maximum absolute atomic E-state index is 11.9. The minimum absolute atomic E-state index is 0.00500. The van der Waals surface area contributed by atoms with Crippen LogP contribution < -0.4 is 10.6 Å². The van der Waals surface area contributed by atoms with E-state index in [0.29, 0.717) is 6.54 Å². The van der Waals surface area contributed by atoms with Gasteiger partial charge in [0.2, 0.25) is 0 Å². The van der Waals surface area contributed by atoms with Crippen molar-refractivity contribution >= 4 is 17.4 Å². The molecule has 2 aromatic heterocycles. The minimum atomic E-state index is -0.165. The van der Waals surface area contributed by atoms with Gasteiger partial charge in [-0.05, 0) is 39.3 Å². The second kappa shape index (κ2) is 6.09. The van der Waals surface area contributed by atoms with E-state index >= 15 is 0 Å². The Morgan fingerprint density at radius 3 is 2.75 bits per heavy atom. The maximum atomic E-state index is 11.9. The van der Waals surface area contributed by atoms with E-state index in [0.717, 1.165) is 11.3 Å². The Morgan fingerprint density at radius 1 is 1.45 bits per heavy atom. The molecule has 3 N–H and O–H groups in total. The number of carbonyl (C=O) groups excluding carboxylic acids is 1. The normalized spacial score (nSPS) is 12.2. The Balaban J connectivity index is 1.88. The van der Waals surface area contributed by atoms with E-state index in [4.69, 9.17) is 0 Å². The fourth-order valence-electron chi connectivity index (χ4n) is 2.14. The quantitative estimate of drug-likeness (QED) is 0.811. The van der Waals surface area contributed by atoms with Crippen LogP contribution in [-0.2, 0) is 6.54 Å². The van der Waals surface area contributed by atoms with Gasteiger partial charge in [0.15, 0.2) is 0 Å². The lowest BCUT2D eigenvalue weighted by Gasteiger charge is -2.14. The van der Waals surface area contributed by atoms with E-state index in [2.05, 4.69) is 40.7 Å². The number of urea groups is 1. The van der Waals surface area contributed by atoms with Crippen LogP contribution in [0.4, 0.5) is 4.79 Å². The first-order chi connectivity index (χ1) is 9.47. The zero-order valence-electron chi connectivity index (χ0n) is 12.2. The number of amides is 2. The van der Waals surface area contributed by atoms with Crippen molar-refractivity contribution in [1.29, 1.82) is 0 Å². The fourth-order valence-corrected chi connectivity index (χ4v) is 3.16. The van der Waals surface area contributed by atoms with Gasteiger partial charge in [0.05, 0.1) is 12.2 Å². The van der Waals surface area contributed by atoms with Crippen LogP contribution in [0.5, 0.6) is 0 Å². The highest BCUT2D eigenvalue weighted by molar-refractivity contribution is 7.12. The van der Waals surface area contributed by atoms with Crippen molar-refractivity contribution in [3.63, 3.8) is 0 Å². The molecular weight excluding hydrogens is 272 g/mol. The van der Waals surface area contributed by atoms with Crippen molar-refractivity contribution in [2.24, 2.45) is 0 Å². The Bertz CT molecular complexity index is 602. The van der Waals surface area contributed by atoms with Gasteiger partial charge in [-0.3, -0.25) is 5.10 Å². The summed E-state index contributed by atoms with van der Waals surface area (Å²) < 4.78 is 0. The molecule has 0 spiro atoms. The molecule has 2 amide bonds. The van der Waals surface area contributed by atoms with Gasteiger partial charge < -0.3 is 10.6 Å². The Morgan fingerprint density at radius 2 is 2.20 bits per heavy atom. The second-order valence-corrected chi connectivity index (χ2v) is 6.40. The standard InChI is InChI=1S/C14H20N4OS/c1-8-5-13(11(4)20-8)10(3)17-14(19)15-6-12-7-16-18-9(12)2/h5,7,10H,6H2,1-4H3,(H,16,18)(H2,15,17,19). The van der Waals surface area contributed by atoms with Crippen LogP contribution >= 0.6 is 11.3 Å². The summed E-state index contributed by atoms with van der Waals surface area (Å²) in [6, 6.07) is 1.97. The number of H-pyrrole nitrogens is 1. The number of aromatic nitrogens is 2. The van der Waals surface area contributed by atoms with Crippen molar-refractivity contribution < 1.29 is 4.79 Å². The van der Waals surface area contributed by atoms with Crippen molar-refractivity contribution in [3.8, 4) is 0 Å². The van der Waals surface area contributed by atoms with Gasteiger partial charge >= 0.3 is 6.03 Å². The van der Waals surface area contributed by atoms with Gasteiger partial charge in [0.25, 0.3) is 0 Å². The van der Waals surface area contributed by atoms with E-state index in [9.17, 15) is 4.79 Å². The van der Waals surface area contributed by atoms with Crippen LogP contribution in [0.2, 0.25) is 0 Å². The van der Waals surface area contributed by atoms with Crippen LogP contribution in [-0.4, -0.2) is 16.2 Å². The van der Waals surface area contributed by atoms with Crippen LogP contribution in [0, 0.1) is 20.8 Å². The molecule has 0 aliphatic carbocycles. The highest BCUT2D eigenvalue weighted by Gasteiger charge is 2.13. The summed E-state index contributed by atoms with van der Waals surface area (Å²) in [6.07, 6.45) is 1.73. The van der Waals surface area contributed by atoms with Crippen molar-refractivity contribution in [2.45, 2.75) is 40.3 Å². The smallest absolute Gasteiger partial charge is 0.315 e. The zero-order chi connectivity index (χ0) is 14.7. The van der Waals surface area contributed by atoms with Gasteiger partial charge in [-0.15, -0.1) is 11.3 Å². The number of aryl methyl sites for hydroxylation is 3. The molecular formula is C14H20N4OS. The van der Waals surface area contributed by atoms with E-state index in [1.807, 2.05) is 13.8 Å². The lowest BCUT2D eigenvalue weighted by atomic mass is 10.1. The topological polar surface area (TPSA) is 69.8 Å². The molecule has 1 atom stereocenters. The molecule has 6 heteroatoms. The monoisotopic (exact) mass is 292 g/mol. The van der Waals surface area contributed by atoms with Crippen molar-refractivity contribution in [2.75, 3.05) is 0 Å². The Hall–Kier alpha value is -1.82. The lowest BCUT2D eigenvalue weighted by molar-refractivity contribution is 0.237. The first kappa shape index (κ1) is 14.6. The van der Waals surface area contributed by atoms with E-state index in [1.54, 1.807) is 17.5 Å². The summed E-state index contributed by atoms with van der Waals surface area (Å²) >= 11 is 1.75. The molecule has 2 heterocycles. The summed E-state index contributed by atoms with van der Waals surface area (Å²) in [6.45, 7) is 8.56. The fraction of sp³-hybridized carbons (Fsp3) is 0.429. The molecule has 1 unspecified atom stereocenters. The number of hydrogen-bond acceptors (Lipinski definition) is 3. The Kier molecular flexibility index (Phi) is 4.44. The predicted octanol–water partition coefficient (Wildman–Crippen LogP) is 2.96. The number of hydrogen-bond donors (Lipinski definition) is 3. The number of nitrogens with zero attached hydrogens (tertiary/aromatic N) is 1. The van der Waals surface area contributed by atoms with Crippen molar-refractivity contribution in [3.05, 3.63) is 38.8 Å². The maximum Gasteiger partial charge on any atom is 0.315 e. The lowest BCUT2D eigenvalue weighted by Crippen LogP contribution is -2.36. The number of rotatable bonds is 4. The van der Waals surface area contributed by atoms with Gasteiger partial charge in [0.1, 0.15) is 0 Å². The first-order valence-corrected chi connectivity index (χ1v) is 7.39. The van der Waals surface area contributed by atoms with E-state index in [-0.39, 0.29) is 12.1 Å².